The minimum absolute atomic E-state index is 0.512. The van der Waals surface area contributed by atoms with Gasteiger partial charge in [0.05, 0.1) is 6.04 Å². The van der Waals surface area contributed by atoms with Gasteiger partial charge >= 0.3 is 12.1 Å². The van der Waals surface area contributed by atoms with Crippen LogP contribution in [0.2, 0.25) is 58.9 Å². The first-order valence-electron chi connectivity index (χ1n) is 15.2. The topological polar surface area (TPSA) is 91.8 Å². The molecule has 2 aromatic rings. The standard InChI is InChI=1S/C30H48F3N3O5S2Si3/c1-19(43-22-14-12-20(13-15-22)21-16-34-18-35-17-21)23(36-29(37)30(31,32)33)24-25(39-44(3,4)5)26(40-45(6,7)8)27(28(38-24)42-2)41-46(9,10)11/h12-19,23-28H,1-11H3,(H,36,37)/t19-,23+,24+,25?,26+,27+,28?/m0/s1. The van der Waals surface area contributed by atoms with E-state index in [-0.39, 0.29) is 0 Å². The van der Waals surface area contributed by atoms with E-state index in [0.717, 1.165) is 16.0 Å². The number of hydrogen-bond acceptors (Lipinski definition) is 9. The molecular weight excluding hydrogens is 688 g/mol. The summed E-state index contributed by atoms with van der Waals surface area (Å²) >= 11 is 2.77. The van der Waals surface area contributed by atoms with Crippen molar-refractivity contribution in [2.75, 3.05) is 6.26 Å². The summed E-state index contributed by atoms with van der Waals surface area (Å²) in [4.78, 5) is 21.5. The number of alkyl halides is 3. The van der Waals surface area contributed by atoms with Gasteiger partial charge in [-0.05, 0) is 82.9 Å². The summed E-state index contributed by atoms with van der Waals surface area (Å²) in [7, 11) is -6.73. The van der Waals surface area contributed by atoms with Gasteiger partial charge < -0.3 is 23.3 Å². The molecule has 16 heteroatoms. The molecule has 1 aliphatic heterocycles. The van der Waals surface area contributed by atoms with E-state index in [2.05, 4.69) is 54.6 Å². The fourth-order valence-corrected chi connectivity index (χ4v) is 10.2. The molecule has 2 heterocycles. The van der Waals surface area contributed by atoms with Gasteiger partial charge in [-0.1, -0.05) is 19.1 Å². The number of thioether (sulfide) groups is 2. The Morgan fingerprint density at radius 3 is 1.83 bits per heavy atom. The first-order chi connectivity index (χ1) is 21.1. The lowest BCUT2D eigenvalue weighted by Crippen LogP contribution is -2.69. The van der Waals surface area contributed by atoms with Crippen LogP contribution in [0.15, 0.2) is 47.9 Å². The van der Waals surface area contributed by atoms with Crippen LogP contribution in [0.25, 0.3) is 11.1 Å². The highest BCUT2D eigenvalue weighted by Gasteiger charge is 2.55. The maximum Gasteiger partial charge on any atom is 0.471 e. The van der Waals surface area contributed by atoms with Crippen molar-refractivity contribution in [3.8, 4) is 11.1 Å². The Labute approximate surface area is 283 Å². The Balaban J connectivity index is 2.09. The molecule has 2 unspecified atom stereocenters. The van der Waals surface area contributed by atoms with Crippen molar-refractivity contribution in [3.63, 3.8) is 0 Å². The summed E-state index contributed by atoms with van der Waals surface area (Å²) in [6, 6.07) is 6.52. The number of rotatable bonds is 13. The van der Waals surface area contributed by atoms with Crippen LogP contribution in [-0.4, -0.2) is 94.4 Å². The number of halogens is 3. The highest BCUT2D eigenvalue weighted by Crippen LogP contribution is 2.40. The summed E-state index contributed by atoms with van der Waals surface area (Å²) in [6.07, 6.45) is -1.20. The number of nitrogens with zero attached hydrogens (tertiary/aromatic N) is 2. The first kappa shape index (κ1) is 39.2. The van der Waals surface area contributed by atoms with Crippen molar-refractivity contribution in [2.45, 2.75) is 118 Å². The molecule has 1 aromatic heterocycles. The molecule has 0 saturated carbocycles. The fourth-order valence-electron chi connectivity index (χ4n) is 5.09. The summed E-state index contributed by atoms with van der Waals surface area (Å²) < 4.78 is 68.4. The molecule has 46 heavy (non-hydrogen) atoms. The SMILES string of the molecule is CSC1O[C@H]([C@H](NC(=O)C(F)(F)F)[C@H](C)Sc2ccc(-c3cncnc3)cc2)C(O[Si](C)(C)C)[C@@H](O[Si](C)(C)C)[C@H]1O[Si](C)(C)C. The summed E-state index contributed by atoms with van der Waals surface area (Å²) in [5, 5.41) is 1.76. The van der Waals surface area contributed by atoms with Crippen LogP contribution in [-0.2, 0) is 22.8 Å². The second-order valence-corrected chi connectivity index (χ2v) is 30.0. The van der Waals surface area contributed by atoms with E-state index >= 15 is 0 Å². The van der Waals surface area contributed by atoms with Crippen LogP contribution < -0.4 is 5.32 Å². The van der Waals surface area contributed by atoms with Crippen molar-refractivity contribution in [1.29, 1.82) is 0 Å². The van der Waals surface area contributed by atoms with Crippen LogP contribution in [0.5, 0.6) is 0 Å². The number of benzene rings is 1. The van der Waals surface area contributed by atoms with E-state index in [0.29, 0.717) is 0 Å². The second-order valence-electron chi connectivity index (χ2n) is 14.3. The van der Waals surface area contributed by atoms with E-state index in [1.165, 1.54) is 29.9 Å². The zero-order valence-corrected chi connectivity index (χ0v) is 33.1. The van der Waals surface area contributed by atoms with Crippen molar-refractivity contribution in [3.05, 3.63) is 43.0 Å². The quantitative estimate of drug-likeness (QED) is 0.167. The highest BCUT2D eigenvalue weighted by atomic mass is 32.2. The Bertz CT molecular complexity index is 1280. The Kier molecular flexibility index (Phi) is 13.2. The number of carbonyl (C=O) groups is 1. The van der Waals surface area contributed by atoms with E-state index in [1.807, 2.05) is 50.2 Å². The molecule has 1 aromatic carbocycles. The number of aromatic nitrogens is 2. The third-order valence-electron chi connectivity index (χ3n) is 6.72. The predicted octanol–water partition coefficient (Wildman–Crippen LogP) is 7.42. The molecule has 1 aliphatic rings. The first-order valence-corrected chi connectivity index (χ1v) is 27.6. The Morgan fingerprint density at radius 2 is 1.35 bits per heavy atom. The van der Waals surface area contributed by atoms with Gasteiger partial charge in [-0.25, -0.2) is 9.97 Å². The molecule has 0 spiro atoms. The van der Waals surface area contributed by atoms with Gasteiger partial charge in [0.2, 0.25) is 0 Å². The Morgan fingerprint density at radius 1 is 0.848 bits per heavy atom. The molecule has 1 amide bonds. The summed E-state index contributed by atoms with van der Waals surface area (Å²) in [5.41, 5.74) is 1.19. The third-order valence-corrected chi connectivity index (χ3v) is 11.7. The minimum atomic E-state index is -5.08. The summed E-state index contributed by atoms with van der Waals surface area (Å²) in [6.45, 7) is 20.3. The van der Waals surface area contributed by atoms with Crippen molar-refractivity contribution in [1.82, 2.24) is 15.3 Å². The van der Waals surface area contributed by atoms with Crippen molar-refractivity contribution < 1.29 is 36.0 Å². The molecule has 3 rings (SSSR count). The smallest absolute Gasteiger partial charge is 0.409 e. The molecule has 258 valence electrons. The minimum Gasteiger partial charge on any atom is -0.409 e. The van der Waals surface area contributed by atoms with Gasteiger partial charge in [0, 0.05) is 28.1 Å². The fraction of sp³-hybridized carbons (Fsp3) is 0.633. The van der Waals surface area contributed by atoms with E-state index in [9.17, 15) is 18.0 Å². The molecule has 0 aliphatic carbocycles. The molecule has 8 nitrogen and oxygen atoms in total. The third kappa shape index (κ3) is 11.7. The lowest BCUT2D eigenvalue weighted by atomic mass is 9.93. The second kappa shape index (κ2) is 15.5. The van der Waals surface area contributed by atoms with Crippen LogP contribution in [0, 0.1) is 0 Å². The van der Waals surface area contributed by atoms with E-state index < -0.39 is 78.2 Å². The molecule has 1 fully saturated rings. The van der Waals surface area contributed by atoms with Crippen LogP contribution in [0.3, 0.4) is 0 Å². The van der Waals surface area contributed by atoms with Gasteiger partial charge in [-0.3, -0.25) is 4.79 Å². The van der Waals surface area contributed by atoms with Gasteiger partial charge in [-0.2, -0.15) is 13.2 Å². The van der Waals surface area contributed by atoms with Crippen LogP contribution in [0.1, 0.15) is 6.92 Å². The number of amides is 1. The van der Waals surface area contributed by atoms with Crippen LogP contribution in [0.4, 0.5) is 13.2 Å². The zero-order chi connectivity index (χ0) is 34.7. The van der Waals surface area contributed by atoms with Crippen LogP contribution >= 0.6 is 23.5 Å². The average Bonchev–Trinajstić information content (AvgIpc) is 2.92. The molecule has 1 saturated heterocycles. The van der Waals surface area contributed by atoms with E-state index in [1.54, 1.807) is 19.3 Å². The lowest BCUT2D eigenvalue weighted by Gasteiger charge is -2.52. The maximum absolute atomic E-state index is 13.8. The Hall–Kier alpha value is -1.25. The highest BCUT2D eigenvalue weighted by molar-refractivity contribution is 8.00. The molecule has 0 radical (unpaired) electrons. The summed E-state index contributed by atoms with van der Waals surface area (Å²) in [5.74, 6) is -2.02. The molecule has 7 atom stereocenters. The van der Waals surface area contributed by atoms with Crippen molar-refractivity contribution in [2.24, 2.45) is 0 Å². The zero-order valence-electron chi connectivity index (χ0n) is 28.5. The monoisotopic (exact) mass is 735 g/mol. The number of carbonyl (C=O) groups excluding carboxylic acids is 1. The molecular formula is C30H48F3N3O5S2Si3. The normalized spacial score (nSPS) is 24.3. The maximum atomic E-state index is 13.8. The van der Waals surface area contributed by atoms with E-state index in [4.69, 9.17) is 18.0 Å². The van der Waals surface area contributed by atoms with Gasteiger partial charge in [0.25, 0.3) is 0 Å². The molecule has 1 N–H and O–H groups in total. The predicted molar refractivity (Wildman–Crippen MR) is 188 cm³/mol. The molecule has 0 bridgehead atoms. The average molecular weight is 736 g/mol. The largest absolute Gasteiger partial charge is 0.471 e. The van der Waals surface area contributed by atoms with Crippen molar-refractivity contribution >= 4 is 54.4 Å². The van der Waals surface area contributed by atoms with Gasteiger partial charge in [0.15, 0.2) is 25.0 Å². The van der Waals surface area contributed by atoms with Gasteiger partial charge in [-0.15, -0.1) is 23.5 Å². The number of hydrogen-bond donors (Lipinski definition) is 1. The number of nitrogens with one attached hydrogen (secondary N) is 1. The number of ether oxygens (including phenoxy) is 1. The lowest BCUT2D eigenvalue weighted by molar-refractivity contribution is -0.195. The van der Waals surface area contributed by atoms with Gasteiger partial charge in [0.1, 0.15) is 36.2 Å².